The molecule has 0 amide bonds. The van der Waals surface area contributed by atoms with Crippen molar-refractivity contribution in [1.29, 1.82) is 0 Å². The molecule has 1 atom stereocenters. The summed E-state index contributed by atoms with van der Waals surface area (Å²) in [4.78, 5) is 11.6. The van der Waals surface area contributed by atoms with Crippen LogP contribution in [-0.4, -0.2) is 25.4 Å². The third kappa shape index (κ3) is 4.26. The lowest BCUT2D eigenvalue weighted by molar-refractivity contribution is 0.0595. The van der Waals surface area contributed by atoms with Crippen LogP contribution in [0.2, 0.25) is 0 Å². The molecule has 0 aliphatic carbocycles. The van der Waals surface area contributed by atoms with Gasteiger partial charge in [0.25, 0.3) is 0 Å². The molecule has 0 saturated carbocycles. The maximum Gasteiger partial charge on any atom is 0.341 e. The van der Waals surface area contributed by atoms with Crippen molar-refractivity contribution < 1.29 is 14.3 Å². The lowest BCUT2D eigenvalue weighted by Gasteiger charge is -2.16. The summed E-state index contributed by atoms with van der Waals surface area (Å²) < 4.78 is 10.4. The summed E-state index contributed by atoms with van der Waals surface area (Å²) in [5, 5.41) is 0. The Hall–Kier alpha value is -1.16. The molecule has 4 heteroatoms. The van der Waals surface area contributed by atoms with Crippen LogP contribution in [-0.2, 0) is 4.74 Å². The SMILES string of the molecule is CCCC(CS)COc1ccccc1C(=O)OC. The second-order valence-corrected chi connectivity index (χ2v) is 4.50. The van der Waals surface area contributed by atoms with E-state index >= 15 is 0 Å². The molecule has 0 aliphatic rings. The number of para-hydroxylation sites is 1. The van der Waals surface area contributed by atoms with E-state index in [-0.39, 0.29) is 5.97 Å². The smallest absolute Gasteiger partial charge is 0.341 e. The van der Waals surface area contributed by atoms with Gasteiger partial charge in [-0.1, -0.05) is 25.5 Å². The molecule has 18 heavy (non-hydrogen) atoms. The Balaban J connectivity index is 2.69. The maximum atomic E-state index is 11.6. The zero-order valence-corrected chi connectivity index (χ0v) is 11.8. The van der Waals surface area contributed by atoms with Crippen LogP contribution in [0, 0.1) is 5.92 Å². The summed E-state index contributed by atoms with van der Waals surface area (Å²) in [5.41, 5.74) is 0.467. The van der Waals surface area contributed by atoms with Crippen LogP contribution < -0.4 is 4.74 Å². The number of esters is 1. The summed E-state index contributed by atoms with van der Waals surface area (Å²) in [6.07, 6.45) is 2.18. The average molecular weight is 268 g/mol. The zero-order chi connectivity index (χ0) is 13.4. The first kappa shape index (κ1) is 14.9. The Morgan fingerprint density at radius 2 is 2.11 bits per heavy atom. The molecule has 0 heterocycles. The molecule has 0 N–H and O–H groups in total. The van der Waals surface area contributed by atoms with E-state index in [2.05, 4.69) is 19.6 Å². The maximum absolute atomic E-state index is 11.6. The molecule has 0 bridgehead atoms. The number of thiol groups is 1. The first-order chi connectivity index (χ1) is 8.72. The van der Waals surface area contributed by atoms with Crippen molar-refractivity contribution in [2.75, 3.05) is 19.5 Å². The van der Waals surface area contributed by atoms with Gasteiger partial charge in [0.2, 0.25) is 0 Å². The normalized spacial score (nSPS) is 11.9. The second-order valence-electron chi connectivity index (χ2n) is 4.14. The van der Waals surface area contributed by atoms with Gasteiger partial charge in [-0.2, -0.15) is 12.6 Å². The molecule has 0 saturated heterocycles. The molecule has 3 nitrogen and oxygen atoms in total. The fourth-order valence-electron chi connectivity index (χ4n) is 1.71. The molecule has 0 aromatic heterocycles. The summed E-state index contributed by atoms with van der Waals surface area (Å²) in [7, 11) is 1.37. The number of hydrogen-bond acceptors (Lipinski definition) is 4. The summed E-state index contributed by atoms with van der Waals surface area (Å²) in [6.45, 7) is 2.71. The molecular weight excluding hydrogens is 248 g/mol. The van der Waals surface area contributed by atoms with Gasteiger partial charge in [0, 0.05) is 5.92 Å². The minimum Gasteiger partial charge on any atom is -0.492 e. The lowest BCUT2D eigenvalue weighted by atomic mass is 10.1. The fourth-order valence-corrected chi connectivity index (χ4v) is 2.00. The Morgan fingerprint density at radius 3 is 2.72 bits per heavy atom. The number of hydrogen-bond donors (Lipinski definition) is 1. The summed E-state index contributed by atoms with van der Waals surface area (Å²) in [6, 6.07) is 7.13. The quantitative estimate of drug-likeness (QED) is 0.609. The van der Waals surface area contributed by atoms with Crippen molar-refractivity contribution in [2.24, 2.45) is 5.92 Å². The van der Waals surface area contributed by atoms with Crippen LogP contribution in [0.4, 0.5) is 0 Å². The van der Waals surface area contributed by atoms with Crippen molar-refractivity contribution in [3.8, 4) is 5.75 Å². The van der Waals surface area contributed by atoms with Gasteiger partial charge in [-0.05, 0) is 24.3 Å². The third-order valence-electron chi connectivity index (χ3n) is 2.72. The van der Waals surface area contributed by atoms with Crippen LogP contribution in [0.25, 0.3) is 0 Å². The topological polar surface area (TPSA) is 35.5 Å². The van der Waals surface area contributed by atoms with E-state index in [4.69, 9.17) is 9.47 Å². The Labute approximate surface area is 114 Å². The van der Waals surface area contributed by atoms with Gasteiger partial charge in [0.05, 0.1) is 13.7 Å². The minimum atomic E-state index is -0.372. The van der Waals surface area contributed by atoms with Crippen LogP contribution in [0.3, 0.4) is 0 Å². The molecular formula is C14H20O3S. The van der Waals surface area contributed by atoms with Gasteiger partial charge in [-0.3, -0.25) is 0 Å². The van der Waals surface area contributed by atoms with E-state index in [0.717, 1.165) is 18.6 Å². The predicted molar refractivity (Wildman–Crippen MR) is 75.5 cm³/mol. The van der Waals surface area contributed by atoms with Crippen LogP contribution in [0.1, 0.15) is 30.1 Å². The molecule has 1 aromatic rings. The van der Waals surface area contributed by atoms with Gasteiger partial charge < -0.3 is 9.47 Å². The number of methoxy groups -OCH3 is 1. The van der Waals surface area contributed by atoms with E-state index in [1.807, 2.05) is 6.07 Å². The van der Waals surface area contributed by atoms with Gasteiger partial charge in [-0.25, -0.2) is 4.79 Å². The lowest BCUT2D eigenvalue weighted by Crippen LogP contribution is -2.15. The summed E-state index contributed by atoms with van der Waals surface area (Å²) >= 11 is 4.31. The highest BCUT2D eigenvalue weighted by Crippen LogP contribution is 2.20. The summed E-state index contributed by atoms with van der Waals surface area (Å²) in [5.74, 6) is 1.40. The van der Waals surface area contributed by atoms with Crippen LogP contribution in [0.15, 0.2) is 24.3 Å². The number of carbonyl (C=O) groups excluding carboxylic acids is 1. The highest BCUT2D eigenvalue weighted by molar-refractivity contribution is 7.80. The molecule has 1 aromatic carbocycles. The van der Waals surface area contributed by atoms with Crippen molar-refractivity contribution in [3.05, 3.63) is 29.8 Å². The first-order valence-corrected chi connectivity index (χ1v) is 6.77. The number of carbonyl (C=O) groups is 1. The highest BCUT2D eigenvalue weighted by atomic mass is 32.1. The van der Waals surface area contributed by atoms with Gasteiger partial charge in [0.1, 0.15) is 11.3 Å². The Kier molecular flexibility index (Phi) is 6.65. The third-order valence-corrected chi connectivity index (χ3v) is 3.24. The molecule has 1 unspecified atom stereocenters. The molecule has 0 aliphatic heterocycles. The minimum absolute atomic E-state index is 0.372. The molecule has 1 rings (SSSR count). The van der Waals surface area contributed by atoms with E-state index in [1.54, 1.807) is 18.2 Å². The number of ether oxygens (including phenoxy) is 2. The monoisotopic (exact) mass is 268 g/mol. The molecule has 0 fully saturated rings. The first-order valence-electron chi connectivity index (χ1n) is 6.13. The zero-order valence-electron chi connectivity index (χ0n) is 10.9. The highest BCUT2D eigenvalue weighted by Gasteiger charge is 2.13. The molecule has 0 spiro atoms. The fraction of sp³-hybridized carbons (Fsp3) is 0.500. The van der Waals surface area contributed by atoms with Crippen molar-refractivity contribution in [2.45, 2.75) is 19.8 Å². The van der Waals surface area contributed by atoms with Crippen LogP contribution in [0.5, 0.6) is 5.75 Å². The van der Waals surface area contributed by atoms with Gasteiger partial charge >= 0.3 is 5.97 Å². The van der Waals surface area contributed by atoms with Gasteiger partial charge in [0.15, 0.2) is 0 Å². The van der Waals surface area contributed by atoms with Crippen molar-refractivity contribution in [1.82, 2.24) is 0 Å². The van der Waals surface area contributed by atoms with Gasteiger partial charge in [-0.15, -0.1) is 0 Å². The second kappa shape index (κ2) is 8.03. The van der Waals surface area contributed by atoms with Crippen LogP contribution >= 0.6 is 12.6 Å². The number of rotatable bonds is 7. The van der Waals surface area contributed by atoms with E-state index in [1.165, 1.54) is 7.11 Å². The largest absolute Gasteiger partial charge is 0.492 e. The predicted octanol–water partition coefficient (Wildman–Crippen LogP) is 3.20. The van der Waals surface area contributed by atoms with E-state index < -0.39 is 0 Å². The average Bonchev–Trinajstić information content (AvgIpc) is 2.43. The van der Waals surface area contributed by atoms with Crippen molar-refractivity contribution >= 4 is 18.6 Å². The standard InChI is InChI=1S/C14H20O3S/c1-3-6-11(10-18)9-17-13-8-5-4-7-12(13)14(15)16-2/h4-5,7-8,11,18H,3,6,9-10H2,1-2H3. The van der Waals surface area contributed by atoms with E-state index in [0.29, 0.717) is 23.8 Å². The number of benzene rings is 1. The molecule has 100 valence electrons. The Morgan fingerprint density at radius 1 is 1.39 bits per heavy atom. The van der Waals surface area contributed by atoms with Crippen molar-refractivity contribution in [3.63, 3.8) is 0 Å². The van der Waals surface area contributed by atoms with E-state index in [9.17, 15) is 4.79 Å². The molecule has 0 radical (unpaired) electrons. The Bertz CT molecular complexity index is 379.